The number of aliphatic hydroxyl groups excluding tert-OH is 1. The predicted octanol–water partition coefficient (Wildman–Crippen LogP) is 4.85. The Morgan fingerprint density at radius 3 is 2.65 bits per heavy atom. The maximum atomic E-state index is 13.1. The van der Waals surface area contributed by atoms with Crippen molar-refractivity contribution in [3.63, 3.8) is 0 Å². The van der Waals surface area contributed by atoms with Crippen molar-refractivity contribution >= 4 is 40.1 Å². The number of nitrogens with one attached hydrogen (secondary N) is 1. The Labute approximate surface area is 185 Å². The van der Waals surface area contributed by atoms with Gasteiger partial charge in [-0.1, -0.05) is 23.2 Å². The fourth-order valence-electron chi connectivity index (χ4n) is 3.70. The number of carbonyl (C=O) groups excluding carboxylic acids is 1. The van der Waals surface area contributed by atoms with Crippen LogP contribution in [0.3, 0.4) is 0 Å². The number of benzene rings is 2. The molecule has 0 spiro atoms. The number of hydrogen-bond donors (Lipinski definition) is 2. The molecule has 1 aliphatic rings. The van der Waals surface area contributed by atoms with E-state index in [1.807, 2.05) is 0 Å². The second-order valence-corrected chi connectivity index (χ2v) is 8.48. The number of aryl methyl sites for hydroxylation is 1. The van der Waals surface area contributed by atoms with Crippen LogP contribution in [0.15, 0.2) is 24.3 Å². The fourth-order valence-corrected chi connectivity index (χ4v) is 4.29. The van der Waals surface area contributed by atoms with E-state index in [1.54, 1.807) is 24.0 Å². The van der Waals surface area contributed by atoms with Gasteiger partial charge in [0.05, 0.1) is 27.2 Å². The normalized spacial score (nSPS) is 14.9. The van der Waals surface area contributed by atoms with Crippen LogP contribution in [0.5, 0.6) is 0 Å². The number of hydrogen-bond acceptors (Lipinski definition) is 3. The van der Waals surface area contributed by atoms with Crippen LogP contribution in [0.2, 0.25) is 10.0 Å². The van der Waals surface area contributed by atoms with Gasteiger partial charge in [-0.2, -0.15) is 13.2 Å². The summed E-state index contributed by atoms with van der Waals surface area (Å²) in [7, 11) is 0. The van der Waals surface area contributed by atoms with E-state index in [0.717, 1.165) is 12.1 Å². The summed E-state index contributed by atoms with van der Waals surface area (Å²) in [6, 6.07) is 5.18. The number of aromatic amines is 1. The topological polar surface area (TPSA) is 69.2 Å². The number of fused-ring (bicyclic) bond motifs is 1. The lowest BCUT2D eigenvalue weighted by atomic mass is 9.99. The molecule has 1 fully saturated rings. The van der Waals surface area contributed by atoms with Crippen LogP contribution in [0.25, 0.3) is 11.0 Å². The third-order valence-electron chi connectivity index (χ3n) is 5.42. The molecule has 10 heteroatoms. The summed E-state index contributed by atoms with van der Waals surface area (Å²) in [6.45, 7) is 2.49. The van der Waals surface area contributed by atoms with Crippen LogP contribution in [0.1, 0.15) is 32.9 Å². The average Bonchev–Trinajstić information content (AvgIpc) is 3.07. The molecule has 0 atom stereocenters. The third kappa shape index (κ3) is 4.12. The third-order valence-corrected chi connectivity index (χ3v) is 6.20. The molecule has 1 amide bonds. The van der Waals surface area contributed by atoms with Crippen molar-refractivity contribution < 1.29 is 23.1 Å². The van der Waals surface area contributed by atoms with Gasteiger partial charge in [-0.05, 0) is 42.3 Å². The maximum Gasteiger partial charge on any atom is 0.416 e. The van der Waals surface area contributed by atoms with Crippen LogP contribution in [-0.2, 0) is 12.6 Å². The van der Waals surface area contributed by atoms with Gasteiger partial charge in [0.1, 0.15) is 5.82 Å². The Hall–Kier alpha value is -2.29. The van der Waals surface area contributed by atoms with E-state index in [2.05, 4.69) is 9.97 Å². The Morgan fingerprint density at radius 1 is 1.29 bits per heavy atom. The van der Waals surface area contributed by atoms with Gasteiger partial charge in [0.25, 0.3) is 5.91 Å². The highest BCUT2D eigenvalue weighted by atomic mass is 35.5. The molecule has 3 aromatic rings. The maximum absolute atomic E-state index is 13.1. The zero-order chi connectivity index (χ0) is 22.5. The molecule has 5 nitrogen and oxygen atoms in total. The molecule has 1 saturated heterocycles. The molecule has 0 aliphatic carbocycles. The number of alkyl halides is 3. The first-order valence-corrected chi connectivity index (χ1v) is 10.3. The molecule has 0 unspecified atom stereocenters. The van der Waals surface area contributed by atoms with Crippen LogP contribution in [-0.4, -0.2) is 45.6 Å². The molecule has 0 bridgehead atoms. The van der Waals surface area contributed by atoms with Crippen molar-refractivity contribution in [3.05, 3.63) is 62.4 Å². The number of aliphatic hydroxyl groups is 1. The van der Waals surface area contributed by atoms with Gasteiger partial charge in [-0.3, -0.25) is 4.79 Å². The summed E-state index contributed by atoms with van der Waals surface area (Å²) in [5.74, 6) is 0.188. The minimum Gasteiger partial charge on any atom is -0.396 e. The summed E-state index contributed by atoms with van der Waals surface area (Å²) in [5.41, 5.74) is 1.07. The van der Waals surface area contributed by atoms with Crippen LogP contribution >= 0.6 is 23.2 Å². The summed E-state index contributed by atoms with van der Waals surface area (Å²) in [6.07, 6.45) is -4.34. The summed E-state index contributed by atoms with van der Waals surface area (Å²) in [4.78, 5) is 21.6. The molecule has 2 N–H and O–H groups in total. The lowest BCUT2D eigenvalue weighted by Gasteiger charge is -2.38. The Bertz CT molecular complexity index is 1170. The number of nitrogens with zero attached hydrogens (tertiary/aromatic N) is 2. The van der Waals surface area contributed by atoms with Gasteiger partial charge in [-0.25, -0.2) is 4.98 Å². The molecule has 0 radical (unpaired) electrons. The quantitative estimate of drug-likeness (QED) is 0.571. The van der Waals surface area contributed by atoms with E-state index < -0.39 is 11.7 Å². The molecule has 2 heterocycles. The first kappa shape index (κ1) is 21.9. The number of aromatic nitrogens is 2. The molecule has 4 rings (SSSR count). The highest BCUT2D eigenvalue weighted by Crippen LogP contribution is 2.34. The number of amides is 1. The average molecular weight is 472 g/mol. The van der Waals surface area contributed by atoms with Gasteiger partial charge in [0, 0.05) is 37.1 Å². The lowest BCUT2D eigenvalue weighted by Crippen LogP contribution is -2.51. The minimum atomic E-state index is -4.46. The van der Waals surface area contributed by atoms with Crippen molar-refractivity contribution in [1.29, 1.82) is 0 Å². The number of imidazole rings is 1. The molecule has 0 saturated carbocycles. The largest absolute Gasteiger partial charge is 0.416 e. The van der Waals surface area contributed by atoms with E-state index in [1.165, 1.54) is 0 Å². The van der Waals surface area contributed by atoms with E-state index in [0.29, 0.717) is 40.6 Å². The molecule has 164 valence electrons. The number of carbonyl (C=O) groups is 1. The Balaban J connectivity index is 1.65. The zero-order valence-corrected chi connectivity index (χ0v) is 17.9. The first-order chi connectivity index (χ1) is 14.6. The van der Waals surface area contributed by atoms with Gasteiger partial charge in [-0.15, -0.1) is 0 Å². The van der Waals surface area contributed by atoms with Gasteiger partial charge in [0.15, 0.2) is 0 Å². The van der Waals surface area contributed by atoms with E-state index in [-0.39, 0.29) is 41.0 Å². The van der Waals surface area contributed by atoms with Crippen LogP contribution < -0.4 is 0 Å². The van der Waals surface area contributed by atoms with Crippen LogP contribution in [0, 0.1) is 12.8 Å². The highest BCUT2D eigenvalue weighted by Gasteiger charge is 2.33. The molecule has 31 heavy (non-hydrogen) atoms. The van der Waals surface area contributed by atoms with Crippen molar-refractivity contribution in [1.82, 2.24) is 14.9 Å². The summed E-state index contributed by atoms with van der Waals surface area (Å²) >= 11 is 12.8. The fraction of sp³-hybridized carbons (Fsp3) is 0.333. The number of likely N-dealkylation sites (tertiary alicyclic amines) is 1. The molecule has 2 aromatic carbocycles. The van der Waals surface area contributed by atoms with Gasteiger partial charge in [0.2, 0.25) is 0 Å². The van der Waals surface area contributed by atoms with Crippen molar-refractivity contribution in [2.24, 2.45) is 5.92 Å². The number of H-pyrrole nitrogens is 1. The highest BCUT2D eigenvalue weighted by molar-refractivity contribution is 6.38. The van der Waals surface area contributed by atoms with E-state index in [9.17, 15) is 18.0 Å². The lowest BCUT2D eigenvalue weighted by molar-refractivity contribution is -0.137. The summed E-state index contributed by atoms with van der Waals surface area (Å²) < 4.78 is 39.3. The van der Waals surface area contributed by atoms with E-state index >= 15 is 0 Å². The standard InChI is InChI=1S/C21H18Cl2F3N3O2/c1-10-4-12(21(24,25)26)5-16-19(10)28-17(27-16)6-14-15(22)3-2-13(18(14)23)20(31)29-7-11(8-29)9-30/h2-5,11,30H,6-9H2,1H3,(H,27,28). The van der Waals surface area contributed by atoms with E-state index in [4.69, 9.17) is 28.3 Å². The summed E-state index contributed by atoms with van der Waals surface area (Å²) in [5, 5.41) is 9.65. The number of halogens is 5. The number of rotatable bonds is 4. The zero-order valence-electron chi connectivity index (χ0n) is 16.4. The Morgan fingerprint density at radius 2 is 2.00 bits per heavy atom. The van der Waals surface area contributed by atoms with Crippen molar-refractivity contribution in [3.8, 4) is 0 Å². The molecule has 1 aromatic heterocycles. The van der Waals surface area contributed by atoms with Gasteiger partial charge >= 0.3 is 6.18 Å². The smallest absolute Gasteiger partial charge is 0.396 e. The van der Waals surface area contributed by atoms with Gasteiger partial charge < -0.3 is 15.0 Å². The monoisotopic (exact) mass is 471 g/mol. The SMILES string of the molecule is Cc1cc(C(F)(F)F)cc2[nH]c(Cc3c(Cl)ccc(C(=O)N4CC(CO)C4)c3Cl)nc12. The molecular formula is C21H18Cl2F3N3O2. The van der Waals surface area contributed by atoms with Crippen LogP contribution in [0.4, 0.5) is 13.2 Å². The first-order valence-electron chi connectivity index (χ1n) is 9.52. The minimum absolute atomic E-state index is 0.0188. The predicted molar refractivity (Wildman–Crippen MR) is 112 cm³/mol. The van der Waals surface area contributed by atoms with Crippen molar-refractivity contribution in [2.45, 2.75) is 19.5 Å². The Kier molecular flexibility index (Phi) is 5.66. The molecular weight excluding hydrogens is 454 g/mol. The molecule has 1 aliphatic heterocycles. The second kappa shape index (κ2) is 8.00. The van der Waals surface area contributed by atoms with Crippen molar-refractivity contribution in [2.75, 3.05) is 19.7 Å². The second-order valence-electron chi connectivity index (χ2n) is 7.69.